The van der Waals surface area contributed by atoms with E-state index < -0.39 is 0 Å². The number of pyridine rings is 1. The van der Waals surface area contributed by atoms with Crippen LogP contribution in [0.25, 0.3) is 0 Å². The number of hydrogen-bond donors (Lipinski definition) is 0. The van der Waals surface area contributed by atoms with E-state index in [-0.39, 0.29) is 18.0 Å². The van der Waals surface area contributed by atoms with Crippen LogP contribution in [-0.4, -0.2) is 35.7 Å². The Kier molecular flexibility index (Phi) is 5.59. The zero-order valence-electron chi connectivity index (χ0n) is 14.4. The molecule has 1 fully saturated rings. The van der Waals surface area contributed by atoms with Crippen LogP contribution in [0.15, 0.2) is 42.6 Å². The van der Waals surface area contributed by atoms with Crippen molar-refractivity contribution in [3.63, 3.8) is 0 Å². The van der Waals surface area contributed by atoms with E-state index >= 15 is 0 Å². The zero-order valence-corrected chi connectivity index (χ0v) is 14.4. The molecule has 0 amide bonds. The van der Waals surface area contributed by atoms with Gasteiger partial charge in [0.05, 0.1) is 11.8 Å². The maximum Gasteiger partial charge on any atom is 0.126 e. The van der Waals surface area contributed by atoms with Gasteiger partial charge in [-0.1, -0.05) is 24.3 Å². The number of ether oxygens (including phenoxy) is 1. The highest BCUT2D eigenvalue weighted by atomic mass is 19.1. The lowest BCUT2D eigenvalue weighted by molar-refractivity contribution is -0.0225. The van der Waals surface area contributed by atoms with E-state index in [4.69, 9.17) is 4.74 Å². The molecule has 1 aliphatic heterocycles. The summed E-state index contributed by atoms with van der Waals surface area (Å²) in [6.45, 7) is 3.87. The van der Waals surface area contributed by atoms with Gasteiger partial charge in [-0.3, -0.25) is 9.88 Å². The molecule has 2 aromatic rings. The Morgan fingerprint density at radius 1 is 1.25 bits per heavy atom. The summed E-state index contributed by atoms with van der Waals surface area (Å²) in [5.41, 5.74) is 3.05. The van der Waals surface area contributed by atoms with Crippen molar-refractivity contribution in [3.05, 3.63) is 65.2 Å². The molecule has 24 heavy (non-hydrogen) atoms. The predicted molar refractivity (Wildman–Crippen MR) is 93.3 cm³/mol. The van der Waals surface area contributed by atoms with Gasteiger partial charge < -0.3 is 4.74 Å². The maximum absolute atomic E-state index is 14.1. The van der Waals surface area contributed by atoms with Crippen LogP contribution >= 0.6 is 0 Å². The summed E-state index contributed by atoms with van der Waals surface area (Å²) in [7, 11) is 1.76. The van der Waals surface area contributed by atoms with Crippen LogP contribution in [0.5, 0.6) is 0 Å². The van der Waals surface area contributed by atoms with Crippen LogP contribution in [-0.2, 0) is 17.7 Å². The van der Waals surface area contributed by atoms with Crippen LogP contribution in [0.2, 0.25) is 0 Å². The molecule has 0 radical (unpaired) electrons. The average molecular weight is 328 g/mol. The Morgan fingerprint density at radius 2 is 2.08 bits per heavy atom. The molecule has 0 saturated carbocycles. The minimum absolute atomic E-state index is 0.127. The summed E-state index contributed by atoms with van der Waals surface area (Å²) in [5, 5.41) is 0. The van der Waals surface area contributed by atoms with Crippen molar-refractivity contribution in [2.24, 2.45) is 0 Å². The van der Waals surface area contributed by atoms with E-state index in [1.165, 1.54) is 11.6 Å². The van der Waals surface area contributed by atoms with Crippen LogP contribution < -0.4 is 0 Å². The molecule has 4 heteroatoms. The Hall–Kier alpha value is -1.78. The number of piperidine rings is 1. The third-order valence-electron chi connectivity index (χ3n) is 4.99. The summed E-state index contributed by atoms with van der Waals surface area (Å²) in [6, 6.07) is 11.3. The first-order chi connectivity index (χ1) is 11.7. The lowest BCUT2D eigenvalue weighted by Crippen LogP contribution is -2.50. The van der Waals surface area contributed by atoms with E-state index in [0.29, 0.717) is 6.42 Å². The van der Waals surface area contributed by atoms with Gasteiger partial charge in [0.15, 0.2) is 0 Å². The number of benzene rings is 1. The van der Waals surface area contributed by atoms with Crippen molar-refractivity contribution in [2.45, 2.75) is 44.9 Å². The SMILES string of the molecule is CO[C@H]1CCCN(Cc2ncccc2C)[C@H]1Cc1ccccc1F. The van der Waals surface area contributed by atoms with Gasteiger partial charge in [0.25, 0.3) is 0 Å². The topological polar surface area (TPSA) is 25.4 Å². The Bertz CT molecular complexity index is 676. The summed E-state index contributed by atoms with van der Waals surface area (Å²) in [5.74, 6) is -0.133. The minimum Gasteiger partial charge on any atom is -0.380 e. The third-order valence-corrected chi connectivity index (χ3v) is 4.99. The Morgan fingerprint density at radius 3 is 2.83 bits per heavy atom. The second-order valence-electron chi connectivity index (χ2n) is 6.52. The molecular weight excluding hydrogens is 303 g/mol. The van der Waals surface area contributed by atoms with E-state index in [9.17, 15) is 4.39 Å². The highest BCUT2D eigenvalue weighted by Crippen LogP contribution is 2.26. The molecule has 0 unspecified atom stereocenters. The highest BCUT2D eigenvalue weighted by Gasteiger charge is 2.32. The van der Waals surface area contributed by atoms with Crippen molar-refractivity contribution < 1.29 is 9.13 Å². The summed E-state index contributed by atoms with van der Waals surface area (Å²) >= 11 is 0. The quantitative estimate of drug-likeness (QED) is 0.836. The van der Waals surface area contributed by atoms with Gasteiger partial charge in [0.2, 0.25) is 0 Å². The third kappa shape index (κ3) is 3.82. The average Bonchev–Trinajstić information content (AvgIpc) is 2.60. The number of methoxy groups -OCH3 is 1. The van der Waals surface area contributed by atoms with E-state index in [1.54, 1.807) is 13.2 Å². The molecule has 1 aromatic heterocycles. The van der Waals surface area contributed by atoms with Crippen molar-refractivity contribution >= 4 is 0 Å². The van der Waals surface area contributed by atoms with Gasteiger partial charge in [-0.05, 0) is 56.0 Å². The Labute approximate surface area is 143 Å². The van der Waals surface area contributed by atoms with E-state index in [1.807, 2.05) is 24.4 Å². The maximum atomic E-state index is 14.1. The van der Waals surface area contributed by atoms with E-state index in [0.717, 1.165) is 37.2 Å². The van der Waals surface area contributed by atoms with Gasteiger partial charge in [-0.25, -0.2) is 4.39 Å². The van der Waals surface area contributed by atoms with E-state index in [2.05, 4.69) is 22.9 Å². The number of likely N-dealkylation sites (tertiary alicyclic amines) is 1. The molecule has 0 bridgehead atoms. The number of hydrogen-bond acceptors (Lipinski definition) is 3. The number of aromatic nitrogens is 1. The van der Waals surface area contributed by atoms with Crippen molar-refractivity contribution in [3.8, 4) is 0 Å². The van der Waals surface area contributed by atoms with Crippen molar-refractivity contribution in [1.29, 1.82) is 0 Å². The van der Waals surface area contributed by atoms with Crippen LogP contribution in [0, 0.1) is 12.7 Å². The van der Waals surface area contributed by atoms with Gasteiger partial charge >= 0.3 is 0 Å². The van der Waals surface area contributed by atoms with Gasteiger partial charge in [0.1, 0.15) is 5.82 Å². The largest absolute Gasteiger partial charge is 0.380 e. The molecule has 1 saturated heterocycles. The first kappa shape index (κ1) is 17.1. The predicted octanol–water partition coefficient (Wildman–Crippen LogP) is 3.75. The van der Waals surface area contributed by atoms with Crippen molar-refractivity contribution in [2.75, 3.05) is 13.7 Å². The molecule has 128 valence electrons. The normalized spacial score (nSPS) is 21.8. The van der Waals surface area contributed by atoms with Gasteiger partial charge in [-0.15, -0.1) is 0 Å². The molecule has 3 rings (SSSR count). The van der Waals surface area contributed by atoms with Gasteiger partial charge in [0, 0.05) is 25.9 Å². The molecule has 0 aliphatic carbocycles. The van der Waals surface area contributed by atoms with Gasteiger partial charge in [-0.2, -0.15) is 0 Å². The number of nitrogens with zero attached hydrogens (tertiary/aromatic N) is 2. The summed E-state index contributed by atoms with van der Waals surface area (Å²) < 4.78 is 19.9. The summed E-state index contributed by atoms with van der Waals surface area (Å²) in [4.78, 5) is 6.93. The highest BCUT2D eigenvalue weighted by molar-refractivity contribution is 5.20. The molecule has 0 N–H and O–H groups in total. The number of rotatable bonds is 5. The zero-order chi connectivity index (χ0) is 16.9. The number of halogens is 1. The smallest absolute Gasteiger partial charge is 0.126 e. The first-order valence-electron chi connectivity index (χ1n) is 8.60. The fourth-order valence-electron chi connectivity index (χ4n) is 3.59. The molecule has 0 spiro atoms. The molecule has 1 aromatic carbocycles. The lowest BCUT2D eigenvalue weighted by Gasteiger charge is -2.41. The standard InChI is InChI=1S/C20H25FN2O/c1-15-7-5-11-22-18(15)14-23-12-6-10-20(24-2)19(23)13-16-8-3-4-9-17(16)21/h3-5,7-9,11,19-20H,6,10,12-14H2,1-2H3/t19-,20-/m0/s1. The monoisotopic (exact) mass is 328 g/mol. The van der Waals surface area contributed by atoms with Crippen LogP contribution in [0.3, 0.4) is 0 Å². The van der Waals surface area contributed by atoms with Crippen LogP contribution in [0.4, 0.5) is 4.39 Å². The molecular formula is C20H25FN2O. The first-order valence-corrected chi connectivity index (χ1v) is 8.60. The molecule has 2 atom stereocenters. The van der Waals surface area contributed by atoms with Crippen LogP contribution in [0.1, 0.15) is 29.7 Å². The molecule has 1 aliphatic rings. The minimum atomic E-state index is -0.133. The Balaban J connectivity index is 1.82. The number of aryl methyl sites for hydroxylation is 1. The summed E-state index contributed by atoms with van der Waals surface area (Å²) in [6.07, 6.45) is 4.75. The lowest BCUT2D eigenvalue weighted by atomic mass is 9.92. The second-order valence-corrected chi connectivity index (χ2v) is 6.52. The van der Waals surface area contributed by atoms with Crippen molar-refractivity contribution in [1.82, 2.24) is 9.88 Å². The molecule has 2 heterocycles. The second kappa shape index (κ2) is 7.86. The fraction of sp³-hybridized carbons (Fsp3) is 0.450. The molecule has 3 nitrogen and oxygen atoms in total. The fourth-order valence-corrected chi connectivity index (χ4v) is 3.59.